The monoisotopic (exact) mass is 313 g/mol. The van der Waals surface area contributed by atoms with E-state index >= 15 is 0 Å². The molecule has 112 valence electrons. The van der Waals surface area contributed by atoms with Crippen LogP contribution in [0.3, 0.4) is 0 Å². The molecule has 0 bridgehead atoms. The molecule has 3 heteroatoms. The summed E-state index contributed by atoms with van der Waals surface area (Å²) in [5.41, 5.74) is 1.59. The SMILES string of the molecule is CCC1CC(CNCC(C)C)(c2ccc(Cl)c(Cl)c2)C1. The molecule has 0 atom stereocenters. The highest BCUT2D eigenvalue weighted by Crippen LogP contribution is 2.49. The summed E-state index contributed by atoms with van der Waals surface area (Å²) in [4.78, 5) is 0. The standard InChI is InChI=1S/C17H25Cl2N/c1-4-13-8-17(9-13,11-20-10-12(2)3)14-5-6-15(18)16(19)7-14/h5-7,12-13,20H,4,8-11H2,1-3H3. The van der Waals surface area contributed by atoms with E-state index in [9.17, 15) is 0 Å². The molecule has 0 aliphatic heterocycles. The Kier molecular flexibility index (Phi) is 5.39. The smallest absolute Gasteiger partial charge is 0.0595 e. The molecular formula is C17H25Cl2N. The number of hydrogen-bond donors (Lipinski definition) is 1. The Morgan fingerprint density at radius 2 is 1.95 bits per heavy atom. The van der Waals surface area contributed by atoms with Crippen LogP contribution in [0.15, 0.2) is 18.2 Å². The van der Waals surface area contributed by atoms with Gasteiger partial charge in [-0.05, 0) is 48.9 Å². The normalized spacial score (nSPS) is 25.8. The fraction of sp³-hybridized carbons (Fsp3) is 0.647. The molecule has 1 aromatic carbocycles. The van der Waals surface area contributed by atoms with Gasteiger partial charge in [0.25, 0.3) is 0 Å². The van der Waals surface area contributed by atoms with E-state index in [1.54, 1.807) is 0 Å². The second-order valence-electron chi connectivity index (χ2n) is 6.62. The van der Waals surface area contributed by atoms with Gasteiger partial charge in [-0.3, -0.25) is 0 Å². The van der Waals surface area contributed by atoms with Gasteiger partial charge < -0.3 is 5.32 Å². The Hall–Kier alpha value is -0.240. The van der Waals surface area contributed by atoms with Crippen molar-refractivity contribution in [1.29, 1.82) is 0 Å². The zero-order valence-corrected chi connectivity index (χ0v) is 14.2. The van der Waals surface area contributed by atoms with Gasteiger partial charge in [-0.25, -0.2) is 0 Å². The fourth-order valence-electron chi connectivity index (χ4n) is 3.24. The molecule has 0 amide bonds. The van der Waals surface area contributed by atoms with E-state index in [0.717, 1.165) is 19.0 Å². The Morgan fingerprint density at radius 1 is 1.25 bits per heavy atom. The van der Waals surface area contributed by atoms with E-state index in [2.05, 4.69) is 38.2 Å². The van der Waals surface area contributed by atoms with Gasteiger partial charge in [-0.1, -0.05) is 56.5 Å². The number of benzene rings is 1. The highest BCUT2D eigenvalue weighted by Gasteiger charge is 2.44. The lowest BCUT2D eigenvalue weighted by atomic mass is 9.58. The molecule has 1 aliphatic rings. The van der Waals surface area contributed by atoms with Gasteiger partial charge in [-0.2, -0.15) is 0 Å². The van der Waals surface area contributed by atoms with E-state index in [4.69, 9.17) is 23.2 Å². The van der Waals surface area contributed by atoms with Crippen molar-refractivity contribution in [2.75, 3.05) is 13.1 Å². The summed E-state index contributed by atoms with van der Waals surface area (Å²) in [5.74, 6) is 1.54. The zero-order valence-electron chi connectivity index (χ0n) is 12.7. The summed E-state index contributed by atoms with van der Waals surface area (Å²) in [7, 11) is 0. The fourth-order valence-corrected chi connectivity index (χ4v) is 3.54. The zero-order chi connectivity index (χ0) is 14.8. The maximum atomic E-state index is 6.20. The van der Waals surface area contributed by atoms with Crippen LogP contribution in [0, 0.1) is 11.8 Å². The van der Waals surface area contributed by atoms with Gasteiger partial charge in [0.1, 0.15) is 0 Å². The molecule has 1 aromatic rings. The minimum absolute atomic E-state index is 0.254. The molecule has 1 nitrogen and oxygen atoms in total. The van der Waals surface area contributed by atoms with E-state index < -0.39 is 0 Å². The maximum Gasteiger partial charge on any atom is 0.0595 e. The first kappa shape index (κ1) is 16.1. The summed E-state index contributed by atoms with van der Waals surface area (Å²) in [5, 5.41) is 4.95. The van der Waals surface area contributed by atoms with Crippen LogP contribution < -0.4 is 5.32 Å². The molecule has 1 saturated carbocycles. The Bertz CT molecular complexity index is 450. The minimum Gasteiger partial charge on any atom is -0.316 e. The number of rotatable bonds is 6. The Morgan fingerprint density at radius 3 is 2.50 bits per heavy atom. The van der Waals surface area contributed by atoms with Crippen molar-refractivity contribution in [2.45, 2.75) is 45.4 Å². The van der Waals surface area contributed by atoms with E-state index in [0.29, 0.717) is 16.0 Å². The topological polar surface area (TPSA) is 12.0 Å². The van der Waals surface area contributed by atoms with Crippen molar-refractivity contribution in [1.82, 2.24) is 5.32 Å². The molecule has 20 heavy (non-hydrogen) atoms. The van der Waals surface area contributed by atoms with E-state index in [1.807, 2.05) is 6.07 Å². The lowest BCUT2D eigenvalue weighted by Gasteiger charge is -2.49. The molecule has 0 aromatic heterocycles. The van der Waals surface area contributed by atoms with Gasteiger partial charge in [0.05, 0.1) is 10.0 Å². The summed E-state index contributed by atoms with van der Waals surface area (Å²) in [6, 6.07) is 6.15. The van der Waals surface area contributed by atoms with Crippen molar-refractivity contribution >= 4 is 23.2 Å². The second kappa shape index (κ2) is 6.68. The van der Waals surface area contributed by atoms with Crippen LogP contribution in [0.25, 0.3) is 0 Å². The van der Waals surface area contributed by atoms with Crippen molar-refractivity contribution in [3.05, 3.63) is 33.8 Å². The third-order valence-corrected chi connectivity index (χ3v) is 5.22. The first-order valence-electron chi connectivity index (χ1n) is 7.63. The molecule has 1 N–H and O–H groups in total. The lowest BCUT2D eigenvalue weighted by Crippen LogP contribution is -2.49. The van der Waals surface area contributed by atoms with Gasteiger partial charge in [0.2, 0.25) is 0 Å². The average molecular weight is 314 g/mol. The molecule has 1 fully saturated rings. The lowest BCUT2D eigenvalue weighted by molar-refractivity contribution is 0.133. The third kappa shape index (κ3) is 3.50. The van der Waals surface area contributed by atoms with Crippen LogP contribution in [-0.2, 0) is 5.41 Å². The second-order valence-corrected chi connectivity index (χ2v) is 7.43. The maximum absolute atomic E-state index is 6.20. The average Bonchev–Trinajstić information content (AvgIpc) is 2.35. The van der Waals surface area contributed by atoms with Crippen LogP contribution in [0.1, 0.15) is 45.6 Å². The Labute approximate surface area is 133 Å². The number of hydrogen-bond acceptors (Lipinski definition) is 1. The summed E-state index contributed by atoms with van der Waals surface area (Å²) >= 11 is 12.2. The quantitative estimate of drug-likeness (QED) is 0.751. The summed E-state index contributed by atoms with van der Waals surface area (Å²) in [6.45, 7) is 8.88. The molecule has 0 heterocycles. The summed E-state index contributed by atoms with van der Waals surface area (Å²) in [6.07, 6.45) is 3.78. The van der Waals surface area contributed by atoms with Crippen LogP contribution in [-0.4, -0.2) is 13.1 Å². The number of nitrogens with one attached hydrogen (secondary N) is 1. The largest absolute Gasteiger partial charge is 0.316 e. The Balaban J connectivity index is 2.12. The molecule has 0 radical (unpaired) electrons. The van der Waals surface area contributed by atoms with Crippen LogP contribution in [0.4, 0.5) is 0 Å². The molecule has 0 unspecified atom stereocenters. The van der Waals surface area contributed by atoms with E-state index in [-0.39, 0.29) is 5.41 Å². The molecule has 0 spiro atoms. The van der Waals surface area contributed by atoms with Crippen molar-refractivity contribution < 1.29 is 0 Å². The summed E-state index contributed by atoms with van der Waals surface area (Å²) < 4.78 is 0. The van der Waals surface area contributed by atoms with Crippen molar-refractivity contribution in [3.8, 4) is 0 Å². The minimum atomic E-state index is 0.254. The van der Waals surface area contributed by atoms with Gasteiger partial charge in [-0.15, -0.1) is 0 Å². The predicted molar refractivity (Wildman–Crippen MR) is 88.9 cm³/mol. The van der Waals surface area contributed by atoms with E-state index in [1.165, 1.54) is 24.8 Å². The first-order chi connectivity index (χ1) is 9.47. The van der Waals surface area contributed by atoms with Crippen LogP contribution >= 0.6 is 23.2 Å². The van der Waals surface area contributed by atoms with Gasteiger partial charge in [0.15, 0.2) is 0 Å². The molecule has 2 rings (SSSR count). The highest BCUT2D eigenvalue weighted by molar-refractivity contribution is 6.42. The molecule has 1 aliphatic carbocycles. The van der Waals surface area contributed by atoms with Crippen LogP contribution in [0.5, 0.6) is 0 Å². The highest BCUT2D eigenvalue weighted by atomic mass is 35.5. The van der Waals surface area contributed by atoms with Gasteiger partial charge in [0, 0.05) is 12.0 Å². The molecule has 0 saturated heterocycles. The first-order valence-corrected chi connectivity index (χ1v) is 8.38. The van der Waals surface area contributed by atoms with Crippen LogP contribution in [0.2, 0.25) is 10.0 Å². The van der Waals surface area contributed by atoms with Gasteiger partial charge >= 0.3 is 0 Å². The number of halogens is 2. The van der Waals surface area contributed by atoms with Crippen molar-refractivity contribution in [2.24, 2.45) is 11.8 Å². The predicted octanol–water partition coefficient (Wildman–Crippen LogP) is 5.30. The molecular weight excluding hydrogens is 289 g/mol. The van der Waals surface area contributed by atoms with Crippen molar-refractivity contribution in [3.63, 3.8) is 0 Å². The third-order valence-electron chi connectivity index (χ3n) is 4.48.